The summed E-state index contributed by atoms with van der Waals surface area (Å²) in [5.41, 5.74) is -3.69. The molecular weight excluding hydrogens is 360 g/mol. The maximum Gasteiger partial charge on any atom is 0.416 e. The number of fused-ring (bicyclic) bond motifs is 2. The van der Waals surface area contributed by atoms with Gasteiger partial charge in [0.15, 0.2) is 0 Å². The maximum atomic E-state index is 13.0. The van der Waals surface area contributed by atoms with Gasteiger partial charge in [0.2, 0.25) is 0 Å². The summed E-state index contributed by atoms with van der Waals surface area (Å²) in [5.74, 6) is -0.0358. The van der Waals surface area contributed by atoms with Gasteiger partial charge in [-0.3, -0.25) is 0 Å². The van der Waals surface area contributed by atoms with Gasteiger partial charge < -0.3 is 10.4 Å². The summed E-state index contributed by atoms with van der Waals surface area (Å²) in [4.78, 5) is 0. The fourth-order valence-corrected chi connectivity index (χ4v) is 4.75. The zero-order valence-corrected chi connectivity index (χ0v) is 14.6. The molecular formula is C18H21F6NO. The van der Waals surface area contributed by atoms with Crippen molar-refractivity contribution in [2.75, 3.05) is 5.32 Å². The van der Waals surface area contributed by atoms with Crippen LogP contribution >= 0.6 is 0 Å². The highest BCUT2D eigenvalue weighted by molar-refractivity contribution is 5.52. The standard InChI is InChI=1S/C18H21F6NO/c1-15(2)12-4-5-16(15,3)14(26)13(12)25-11-7-9(17(19,20)21)6-10(8-11)18(22,23)24/h6-8,12-14,25-26H,4-5H2,1-3H3/t12?,13-,14+,16?/m0/s1. The fraction of sp³-hybridized carbons (Fsp3) is 0.667. The lowest BCUT2D eigenvalue weighted by Crippen LogP contribution is -2.43. The van der Waals surface area contributed by atoms with Gasteiger partial charge in [0.25, 0.3) is 0 Å². The van der Waals surface area contributed by atoms with Gasteiger partial charge in [-0.1, -0.05) is 20.8 Å². The molecule has 0 saturated heterocycles. The number of aliphatic hydroxyl groups excluding tert-OH is 1. The van der Waals surface area contributed by atoms with Crippen LogP contribution in [0.3, 0.4) is 0 Å². The Balaban J connectivity index is 1.98. The van der Waals surface area contributed by atoms with Gasteiger partial charge in [-0.25, -0.2) is 0 Å². The quantitative estimate of drug-likeness (QED) is 0.680. The summed E-state index contributed by atoms with van der Waals surface area (Å²) in [6.07, 6.45) is -9.09. The average molecular weight is 381 g/mol. The third-order valence-electron chi connectivity index (χ3n) is 6.72. The summed E-state index contributed by atoms with van der Waals surface area (Å²) in [5, 5.41) is 13.5. The number of halogens is 6. The smallest absolute Gasteiger partial charge is 0.390 e. The van der Waals surface area contributed by atoms with Crippen LogP contribution in [-0.4, -0.2) is 17.3 Å². The highest BCUT2D eigenvalue weighted by Gasteiger charge is 2.66. The minimum atomic E-state index is -4.89. The topological polar surface area (TPSA) is 32.3 Å². The van der Waals surface area contributed by atoms with Crippen molar-refractivity contribution in [2.24, 2.45) is 16.7 Å². The van der Waals surface area contributed by atoms with Crippen LogP contribution in [0.2, 0.25) is 0 Å². The van der Waals surface area contributed by atoms with Crippen molar-refractivity contribution >= 4 is 5.69 Å². The summed E-state index contributed by atoms with van der Waals surface area (Å²) >= 11 is 0. The molecule has 1 aromatic carbocycles. The minimum absolute atomic E-state index is 0.0358. The Morgan fingerprint density at radius 3 is 1.85 bits per heavy atom. The highest BCUT2D eigenvalue weighted by Crippen LogP contribution is 2.65. The Bertz CT molecular complexity index is 678. The van der Waals surface area contributed by atoms with Crippen molar-refractivity contribution in [3.8, 4) is 0 Å². The molecule has 2 nitrogen and oxygen atoms in total. The molecule has 2 aliphatic carbocycles. The van der Waals surface area contributed by atoms with E-state index in [1.165, 1.54) is 0 Å². The van der Waals surface area contributed by atoms with Gasteiger partial charge in [0.1, 0.15) is 0 Å². The van der Waals surface area contributed by atoms with Crippen molar-refractivity contribution in [1.82, 2.24) is 0 Å². The molecule has 2 N–H and O–H groups in total. The lowest BCUT2D eigenvalue weighted by molar-refractivity contribution is -0.143. The van der Waals surface area contributed by atoms with Crippen molar-refractivity contribution < 1.29 is 31.4 Å². The molecule has 146 valence electrons. The van der Waals surface area contributed by atoms with Crippen molar-refractivity contribution in [2.45, 2.75) is 58.1 Å². The Hall–Kier alpha value is -1.44. The molecule has 1 aromatic rings. The largest absolute Gasteiger partial charge is 0.416 e. The molecule has 0 aliphatic heterocycles. The molecule has 8 heteroatoms. The van der Waals surface area contributed by atoms with Crippen LogP contribution in [0.5, 0.6) is 0 Å². The highest BCUT2D eigenvalue weighted by atomic mass is 19.4. The SMILES string of the molecule is CC1(C)C2CCC1(C)[C@H](O)[C@H]2Nc1cc(C(F)(F)F)cc(C(F)(F)F)c1. The summed E-state index contributed by atoms with van der Waals surface area (Å²) in [6, 6.07) is 0.855. The summed E-state index contributed by atoms with van der Waals surface area (Å²) in [7, 11) is 0. The second kappa shape index (κ2) is 5.53. The molecule has 0 amide bonds. The van der Waals surface area contributed by atoms with E-state index >= 15 is 0 Å². The van der Waals surface area contributed by atoms with E-state index in [0.717, 1.165) is 12.8 Å². The molecule has 0 aromatic heterocycles. The first-order chi connectivity index (χ1) is 11.7. The first-order valence-electron chi connectivity index (χ1n) is 8.42. The predicted molar refractivity (Wildman–Crippen MR) is 84.5 cm³/mol. The Morgan fingerprint density at radius 1 is 0.962 bits per heavy atom. The molecule has 2 saturated carbocycles. The molecule has 2 unspecified atom stereocenters. The Morgan fingerprint density at radius 2 is 1.46 bits per heavy atom. The molecule has 2 fully saturated rings. The summed E-state index contributed by atoms with van der Waals surface area (Å²) < 4.78 is 78.1. The second-order valence-electron chi connectivity index (χ2n) is 8.19. The van der Waals surface area contributed by atoms with E-state index < -0.39 is 41.0 Å². The number of benzene rings is 1. The van der Waals surface area contributed by atoms with Crippen LogP contribution < -0.4 is 5.32 Å². The van der Waals surface area contributed by atoms with Crippen LogP contribution in [0.25, 0.3) is 0 Å². The second-order valence-corrected chi connectivity index (χ2v) is 8.19. The number of aliphatic hydroxyl groups is 1. The van der Waals surface area contributed by atoms with E-state index in [2.05, 4.69) is 5.32 Å². The maximum absolute atomic E-state index is 13.0. The fourth-order valence-electron chi connectivity index (χ4n) is 4.75. The van der Waals surface area contributed by atoms with E-state index in [4.69, 9.17) is 0 Å². The van der Waals surface area contributed by atoms with E-state index in [1.54, 1.807) is 0 Å². The molecule has 3 rings (SSSR count). The van der Waals surface area contributed by atoms with E-state index in [0.29, 0.717) is 12.1 Å². The molecule has 2 bridgehead atoms. The number of alkyl halides is 6. The van der Waals surface area contributed by atoms with Gasteiger partial charge in [-0.05, 0) is 42.4 Å². The zero-order valence-electron chi connectivity index (χ0n) is 14.6. The van der Waals surface area contributed by atoms with Crippen LogP contribution in [0, 0.1) is 16.7 Å². The Labute approximate surface area is 147 Å². The Kier molecular flexibility index (Phi) is 4.11. The molecule has 0 radical (unpaired) electrons. The average Bonchev–Trinajstić information content (AvgIpc) is 2.79. The van der Waals surface area contributed by atoms with Crippen LogP contribution in [0.1, 0.15) is 44.7 Å². The molecule has 0 heterocycles. The van der Waals surface area contributed by atoms with Crippen molar-refractivity contribution in [3.05, 3.63) is 29.3 Å². The first-order valence-corrected chi connectivity index (χ1v) is 8.42. The van der Waals surface area contributed by atoms with Crippen molar-refractivity contribution in [1.29, 1.82) is 0 Å². The summed E-state index contributed by atoms with van der Waals surface area (Å²) in [6.45, 7) is 5.90. The molecule has 26 heavy (non-hydrogen) atoms. The molecule has 4 atom stereocenters. The lowest BCUT2D eigenvalue weighted by Gasteiger charge is -2.37. The van der Waals surface area contributed by atoms with Crippen LogP contribution in [-0.2, 0) is 12.4 Å². The van der Waals surface area contributed by atoms with Crippen LogP contribution in [0.15, 0.2) is 18.2 Å². The van der Waals surface area contributed by atoms with Crippen molar-refractivity contribution in [3.63, 3.8) is 0 Å². The number of rotatable bonds is 2. The monoisotopic (exact) mass is 381 g/mol. The van der Waals surface area contributed by atoms with E-state index in [-0.39, 0.29) is 23.1 Å². The first kappa shape index (κ1) is 19.3. The predicted octanol–water partition coefficient (Wildman–Crippen LogP) is 5.32. The number of nitrogens with one attached hydrogen (secondary N) is 1. The van der Waals surface area contributed by atoms with Gasteiger partial charge in [0.05, 0.1) is 23.3 Å². The third-order valence-corrected chi connectivity index (χ3v) is 6.72. The zero-order chi connectivity index (χ0) is 19.7. The van der Waals surface area contributed by atoms with E-state index in [1.807, 2.05) is 20.8 Å². The van der Waals surface area contributed by atoms with Gasteiger partial charge >= 0.3 is 12.4 Å². The number of anilines is 1. The molecule has 0 spiro atoms. The number of hydrogen-bond donors (Lipinski definition) is 2. The van der Waals surface area contributed by atoms with E-state index in [9.17, 15) is 31.4 Å². The van der Waals surface area contributed by atoms with Gasteiger partial charge in [-0.15, -0.1) is 0 Å². The van der Waals surface area contributed by atoms with Crippen LogP contribution in [0.4, 0.5) is 32.0 Å². The van der Waals surface area contributed by atoms with Gasteiger partial charge in [-0.2, -0.15) is 26.3 Å². The lowest BCUT2D eigenvalue weighted by atomic mass is 9.70. The normalized spacial score (nSPS) is 33.5. The van der Waals surface area contributed by atoms with Gasteiger partial charge in [0, 0.05) is 11.1 Å². The minimum Gasteiger partial charge on any atom is -0.390 e. The third kappa shape index (κ3) is 2.77. The molecule has 2 aliphatic rings. The number of hydrogen-bond acceptors (Lipinski definition) is 2.